The number of azo groups is 1. The van der Waals surface area contributed by atoms with Gasteiger partial charge in [0.05, 0.1) is 29.3 Å². The van der Waals surface area contributed by atoms with Gasteiger partial charge in [-0.05, 0) is 56.3 Å². The maximum absolute atomic E-state index is 13.8. The van der Waals surface area contributed by atoms with Gasteiger partial charge in [-0.1, -0.05) is 35.9 Å². The number of hydrogen-bond donors (Lipinski definition) is 3. The zero-order chi connectivity index (χ0) is 26.6. The lowest BCUT2D eigenvalue weighted by Crippen LogP contribution is -2.47. The highest BCUT2D eigenvalue weighted by Gasteiger charge is 2.36. The van der Waals surface area contributed by atoms with E-state index in [-0.39, 0.29) is 22.2 Å². The van der Waals surface area contributed by atoms with Crippen LogP contribution in [0.15, 0.2) is 87.9 Å². The van der Waals surface area contributed by atoms with Crippen molar-refractivity contribution in [2.75, 3.05) is 17.5 Å². The van der Waals surface area contributed by atoms with E-state index in [2.05, 4.69) is 15.2 Å². The van der Waals surface area contributed by atoms with E-state index >= 15 is 0 Å². The SMILES string of the molecule is CCOc1ccc(S(=O)(=O)N(c2ccc(C)cc2)C(CO)C(=O)N=Nc2c(O)[nH]c3ccccc23)cc1. The van der Waals surface area contributed by atoms with Gasteiger partial charge in [0.1, 0.15) is 5.75 Å². The van der Waals surface area contributed by atoms with E-state index in [9.17, 15) is 23.4 Å². The number of rotatable bonds is 9. The lowest BCUT2D eigenvalue weighted by molar-refractivity contribution is -0.120. The lowest BCUT2D eigenvalue weighted by Gasteiger charge is -2.29. The Hall–Kier alpha value is -4.22. The number of aromatic amines is 1. The van der Waals surface area contributed by atoms with E-state index in [4.69, 9.17) is 4.74 Å². The van der Waals surface area contributed by atoms with Crippen LogP contribution < -0.4 is 9.04 Å². The van der Waals surface area contributed by atoms with Crippen molar-refractivity contribution in [3.05, 3.63) is 78.4 Å². The van der Waals surface area contributed by atoms with Crippen molar-refractivity contribution < 1.29 is 28.2 Å². The molecule has 0 spiro atoms. The zero-order valence-electron chi connectivity index (χ0n) is 20.2. The van der Waals surface area contributed by atoms with Crippen LogP contribution in [-0.4, -0.2) is 48.8 Å². The van der Waals surface area contributed by atoms with Crippen LogP contribution in [0.5, 0.6) is 11.6 Å². The number of nitrogens with zero attached hydrogens (tertiary/aromatic N) is 3. The van der Waals surface area contributed by atoms with Gasteiger partial charge >= 0.3 is 0 Å². The van der Waals surface area contributed by atoms with E-state index in [1.165, 1.54) is 24.3 Å². The number of carbonyl (C=O) groups is 1. The van der Waals surface area contributed by atoms with E-state index in [0.717, 1.165) is 9.87 Å². The molecule has 4 rings (SSSR count). The highest BCUT2D eigenvalue weighted by Crippen LogP contribution is 2.35. The Morgan fingerprint density at radius 3 is 2.38 bits per heavy atom. The van der Waals surface area contributed by atoms with Crippen molar-refractivity contribution in [3.63, 3.8) is 0 Å². The number of aromatic hydroxyl groups is 1. The Balaban J connectivity index is 1.74. The molecule has 1 aromatic heterocycles. The van der Waals surface area contributed by atoms with Gasteiger partial charge in [-0.25, -0.2) is 8.42 Å². The number of fused-ring (bicyclic) bond motifs is 1. The molecule has 1 atom stereocenters. The summed E-state index contributed by atoms with van der Waals surface area (Å²) in [6.45, 7) is 3.21. The minimum Gasteiger partial charge on any atom is -0.494 e. The molecule has 1 heterocycles. The number of aliphatic hydroxyl groups is 1. The summed E-state index contributed by atoms with van der Waals surface area (Å²) in [6, 6.07) is 17.5. The minimum atomic E-state index is -4.33. The number of hydrogen-bond acceptors (Lipinski definition) is 7. The number of carbonyl (C=O) groups excluding carboxylic acids is 1. The van der Waals surface area contributed by atoms with Gasteiger partial charge in [-0.3, -0.25) is 9.10 Å². The molecular formula is C26H26N4O6S. The summed E-state index contributed by atoms with van der Waals surface area (Å²) in [4.78, 5) is 15.8. The molecule has 0 aliphatic heterocycles. The van der Waals surface area contributed by atoms with Crippen LogP contribution in [0.2, 0.25) is 0 Å². The summed E-state index contributed by atoms with van der Waals surface area (Å²) >= 11 is 0. The predicted molar refractivity (Wildman–Crippen MR) is 139 cm³/mol. The largest absolute Gasteiger partial charge is 0.494 e. The maximum Gasteiger partial charge on any atom is 0.290 e. The van der Waals surface area contributed by atoms with Crippen molar-refractivity contribution in [3.8, 4) is 11.6 Å². The molecule has 0 fully saturated rings. The molecule has 4 aromatic rings. The molecule has 3 aromatic carbocycles. The third-order valence-electron chi connectivity index (χ3n) is 5.63. The van der Waals surface area contributed by atoms with Crippen LogP contribution in [0, 0.1) is 6.92 Å². The van der Waals surface area contributed by atoms with Gasteiger partial charge in [-0.2, -0.15) is 0 Å². The van der Waals surface area contributed by atoms with E-state index in [0.29, 0.717) is 23.3 Å². The highest BCUT2D eigenvalue weighted by molar-refractivity contribution is 7.93. The fourth-order valence-electron chi connectivity index (χ4n) is 3.80. The van der Waals surface area contributed by atoms with Gasteiger partial charge in [0.25, 0.3) is 15.9 Å². The molecule has 0 saturated heterocycles. The molecule has 0 bridgehead atoms. The average molecular weight is 523 g/mol. The van der Waals surface area contributed by atoms with Gasteiger partial charge in [0.2, 0.25) is 5.88 Å². The summed E-state index contributed by atoms with van der Waals surface area (Å²) in [5.74, 6) is -0.816. The Kier molecular flexibility index (Phi) is 7.55. The van der Waals surface area contributed by atoms with Crippen molar-refractivity contribution >= 4 is 38.2 Å². The first-order chi connectivity index (χ1) is 17.8. The Morgan fingerprint density at radius 2 is 1.73 bits per heavy atom. The highest BCUT2D eigenvalue weighted by atomic mass is 32.2. The molecule has 37 heavy (non-hydrogen) atoms. The van der Waals surface area contributed by atoms with Crippen LogP contribution in [0.4, 0.5) is 11.4 Å². The normalized spacial score (nSPS) is 12.6. The van der Waals surface area contributed by atoms with Gasteiger partial charge < -0.3 is 19.9 Å². The number of aliphatic hydroxyl groups excluding tert-OH is 1. The third-order valence-corrected chi connectivity index (χ3v) is 7.48. The van der Waals surface area contributed by atoms with E-state index < -0.39 is 28.6 Å². The van der Waals surface area contributed by atoms with Gasteiger partial charge in [0, 0.05) is 5.39 Å². The second-order valence-corrected chi connectivity index (χ2v) is 9.96. The number of aryl methyl sites for hydroxylation is 1. The zero-order valence-corrected chi connectivity index (χ0v) is 21.0. The Bertz CT molecular complexity index is 1530. The molecule has 11 heteroatoms. The molecule has 3 N–H and O–H groups in total. The fourth-order valence-corrected chi connectivity index (χ4v) is 5.40. The first kappa shape index (κ1) is 25.9. The number of anilines is 1. The Labute approximate surface area is 213 Å². The fraction of sp³-hybridized carbons (Fsp3) is 0.192. The number of H-pyrrole nitrogens is 1. The molecule has 0 aliphatic carbocycles. The topological polar surface area (TPSA) is 145 Å². The minimum absolute atomic E-state index is 0.0249. The van der Waals surface area contributed by atoms with Crippen LogP contribution in [0.25, 0.3) is 10.9 Å². The molecule has 0 saturated carbocycles. The lowest BCUT2D eigenvalue weighted by atomic mass is 10.2. The monoisotopic (exact) mass is 522 g/mol. The summed E-state index contributed by atoms with van der Waals surface area (Å²) < 4.78 is 33.7. The number of benzene rings is 3. The molecule has 1 amide bonds. The van der Waals surface area contributed by atoms with Crippen molar-refractivity contribution in [2.24, 2.45) is 10.2 Å². The number of ether oxygens (including phenoxy) is 1. The van der Waals surface area contributed by atoms with Gasteiger partial charge in [-0.15, -0.1) is 10.2 Å². The number of para-hydroxylation sites is 1. The molecular weight excluding hydrogens is 496 g/mol. The number of sulfonamides is 1. The summed E-state index contributed by atoms with van der Waals surface area (Å²) in [6.07, 6.45) is 0. The smallest absolute Gasteiger partial charge is 0.290 e. The standard InChI is InChI=1S/C26H26N4O6S/c1-3-36-19-12-14-20(15-13-19)37(34,35)30(18-10-8-17(2)9-11-18)23(16-31)25(32)29-28-24-21-6-4-5-7-22(21)27-26(24)33/h4-15,23,27,31,33H,3,16H2,1-2H3. The van der Waals surface area contributed by atoms with Crippen LogP contribution >= 0.6 is 0 Å². The molecule has 1 unspecified atom stereocenters. The third kappa shape index (κ3) is 5.32. The number of amides is 1. The van der Waals surface area contributed by atoms with Crippen LogP contribution in [0.3, 0.4) is 0 Å². The average Bonchev–Trinajstić information content (AvgIpc) is 3.21. The van der Waals surface area contributed by atoms with Crippen molar-refractivity contribution in [1.82, 2.24) is 4.98 Å². The quantitative estimate of drug-likeness (QED) is 0.277. The molecule has 192 valence electrons. The number of nitrogens with one attached hydrogen (secondary N) is 1. The number of aromatic nitrogens is 1. The second kappa shape index (κ2) is 10.8. The summed E-state index contributed by atoms with van der Waals surface area (Å²) in [7, 11) is -4.33. The van der Waals surface area contributed by atoms with E-state index in [1.807, 2.05) is 13.8 Å². The van der Waals surface area contributed by atoms with Gasteiger partial charge in [0.15, 0.2) is 11.7 Å². The first-order valence-corrected chi connectivity index (χ1v) is 12.9. The van der Waals surface area contributed by atoms with Crippen LogP contribution in [0.1, 0.15) is 12.5 Å². The van der Waals surface area contributed by atoms with Crippen molar-refractivity contribution in [2.45, 2.75) is 24.8 Å². The molecule has 10 nitrogen and oxygen atoms in total. The predicted octanol–water partition coefficient (Wildman–Crippen LogP) is 4.45. The first-order valence-electron chi connectivity index (χ1n) is 11.5. The second-order valence-electron chi connectivity index (χ2n) is 8.15. The van der Waals surface area contributed by atoms with E-state index in [1.54, 1.807) is 48.5 Å². The summed E-state index contributed by atoms with van der Waals surface area (Å²) in [5.41, 5.74) is 1.65. The molecule has 0 radical (unpaired) electrons. The Morgan fingerprint density at radius 1 is 1.05 bits per heavy atom. The van der Waals surface area contributed by atoms with Crippen molar-refractivity contribution in [1.29, 1.82) is 0 Å². The molecule has 0 aliphatic rings. The maximum atomic E-state index is 13.8. The van der Waals surface area contributed by atoms with Crippen LogP contribution in [-0.2, 0) is 14.8 Å². The summed E-state index contributed by atoms with van der Waals surface area (Å²) in [5, 5.41) is 28.5.